The molecule has 255 valence electrons. The van der Waals surface area contributed by atoms with Gasteiger partial charge in [0, 0.05) is 38.6 Å². The first kappa shape index (κ1) is 34.8. The van der Waals surface area contributed by atoms with Crippen LogP contribution in [0.1, 0.15) is 26.7 Å². The van der Waals surface area contributed by atoms with Crippen molar-refractivity contribution < 1.29 is 25.9 Å². The molecule has 0 fully saturated rings. The Bertz CT molecular complexity index is 2430. The topological polar surface area (TPSA) is 38.9 Å². The molecule has 3 nitrogen and oxygen atoms in total. The summed E-state index contributed by atoms with van der Waals surface area (Å²) in [5, 5.41) is 2.12. The minimum Gasteiger partial charge on any atom is 0 e. The van der Waals surface area contributed by atoms with Gasteiger partial charge in [-0.3, -0.25) is 0 Å². The second-order valence-electron chi connectivity index (χ2n) is 13.7. The maximum Gasteiger partial charge on any atom is 0 e. The summed E-state index contributed by atoms with van der Waals surface area (Å²) in [6.45, 7) is 3.76. The van der Waals surface area contributed by atoms with Gasteiger partial charge in [-0.15, -0.1) is 18.2 Å². The molecule has 0 amide bonds. The van der Waals surface area contributed by atoms with E-state index in [4.69, 9.17) is 5.79 Å². The zero-order valence-corrected chi connectivity index (χ0v) is 34.0. The number of pyridine rings is 2. The molecular weight excluding hydrogens is 861 g/mol. The van der Waals surface area contributed by atoms with Crippen LogP contribution < -0.4 is 4.40 Å². The number of nitrogens with zero attached hydrogens (tertiary/aromatic N) is 2. The van der Waals surface area contributed by atoms with E-state index in [1.54, 1.807) is 6.20 Å². The fourth-order valence-electron chi connectivity index (χ4n) is 6.10. The van der Waals surface area contributed by atoms with Gasteiger partial charge in [0.15, 0.2) is 0 Å². The summed E-state index contributed by atoms with van der Waals surface area (Å²) in [5.74, 6) is 6.47. The first-order chi connectivity index (χ1) is 24.6. The van der Waals surface area contributed by atoms with Crippen LogP contribution in [0.3, 0.4) is 0 Å². The van der Waals surface area contributed by atoms with Gasteiger partial charge in [-0.05, 0) is 23.2 Å². The van der Waals surface area contributed by atoms with Gasteiger partial charge in [0.2, 0.25) is 0 Å². The Balaban J connectivity index is 0.000000182. The van der Waals surface area contributed by atoms with Crippen LogP contribution in [0.5, 0.6) is 0 Å². The van der Waals surface area contributed by atoms with Crippen molar-refractivity contribution in [3.05, 3.63) is 164 Å². The molecule has 0 spiro atoms. The fourth-order valence-corrected chi connectivity index (χ4v) is 8.27. The molecule has 5 aromatic carbocycles. The van der Waals surface area contributed by atoms with Crippen LogP contribution in [0, 0.1) is 12.1 Å². The minimum absolute atomic E-state index is 0. The van der Waals surface area contributed by atoms with E-state index in [1.807, 2.05) is 68.4 Å². The smallest absolute Gasteiger partial charge is 0 e. The number of fused-ring (bicyclic) bond motifs is 3. The van der Waals surface area contributed by atoms with Gasteiger partial charge in [-0.1, -0.05) is 85.0 Å². The Hall–Kier alpha value is -4.61. The predicted molar refractivity (Wildman–Crippen MR) is 212 cm³/mol. The van der Waals surface area contributed by atoms with Crippen LogP contribution in [-0.2, 0) is 20.1 Å². The van der Waals surface area contributed by atoms with E-state index >= 15 is 0 Å². The zero-order valence-electron chi connectivity index (χ0n) is 30.5. The average Bonchev–Trinajstić information content (AvgIpc) is 3.55. The molecule has 51 heavy (non-hydrogen) atoms. The molecule has 5 heteroatoms. The van der Waals surface area contributed by atoms with Crippen LogP contribution in [0.2, 0.25) is 17.3 Å². The van der Waals surface area contributed by atoms with Crippen LogP contribution >= 0.6 is 0 Å². The molecule has 3 aromatic heterocycles. The van der Waals surface area contributed by atoms with E-state index in [1.165, 1.54) is 15.5 Å². The number of benzene rings is 5. The monoisotopic (exact) mass is 904 g/mol. The first-order valence-electron chi connectivity index (χ1n) is 17.5. The molecule has 0 aliphatic carbocycles. The molecule has 8 aromatic rings. The average molecular weight is 903 g/mol. The van der Waals surface area contributed by atoms with Crippen LogP contribution in [-0.4, -0.2) is 23.2 Å². The first-order valence-corrected chi connectivity index (χ1v) is 24.3. The molecule has 0 unspecified atom stereocenters. The van der Waals surface area contributed by atoms with Gasteiger partial charge in [0.05, 0.1) is 5.58 Å². The van der Waals surface area contributed by atoms with Crippen LogP contribution in [0.15, 0.2) is 150 Å². The second kappa shape index (κ2) is 15.7. The summed E-state index contributed by atoms with van der Waals surface area (Å²) in [5.41, 5.74) is 10.8. The summed E-state index contributed by atoms with van der Waals surface area (Å²) in [6, 6.07) is 52.0. The SMILES string of the molecule is [2H]C(C)(C)c1ccnc(-c2[c-]ccc3c2oc2c(-c4ccccc4)cccc23)c1.[CH3][Ge]([CH3])([CH3])[c]1ccc(-c2[c-]ccc(-c3ccccc3)c2)nc1.[Ir]. The largest absolute Gasteiger partial charge is 0 e. The summed E-state index contributed by atoms with van der Waals surface area (Å²) in [4.78, 5) is 9.22. The van der Waals surface area contributed by atoms with Gasteiger partial charge >= 0.3 is 135 Å². The van der Waals surface area contributed by atoms with Gasteiger partial charge < -0.3 is 9.40 Å². The number of aromatic nitrogens is 2. The van der Waals surface area contributed by atoms with Gasteiger partial charge in [-0.2, -0.15) is 0 Å². The molecule has 0 aliphatic heterocycles. The second-order valence-corrected chi connectivity index (χ2v) is 24.4. The number of hydrogen-bond acceptors (Lipinski definition) is 3. The number of furan rings is 1. The normalized spacial score (nSPS) is 11.7. The quantitative estimate of drug-likeness (QED) is 0.123. The van der Waals surface area contributed by atoms with Crippen molar-refractivity contribution in [1.29, 1.82) is 0 Å². The van der Waals surface area contributed by atoms with Crippen molar-refractivity contribution in [1.82, 2.24) is 9.97 Å². The summed E-state index contributed by atoms with van der Waals surface area (Å²) >= 11 is -1.79. The third-order valence-corrected chi connectivity index (χ3v) is 13.2. The zero-order chi connectivity index (χ0) is 35.6. The van der Waals surface area contributed by atoms with Gasteiger partial charge in [-0.25, -0.2) is 0 Å². The molecule has 8 rings (SSSR count). The van der Waals surface area contributed by atoms with E-state index < -0.39 is 19.2 Å². The van der Waals surface area contributed by atoms with Crippen molar-refractivity contribution in [2.45, 2.75) is 37.0 Å². The maximum atomic E-state index is 8.34. The molecule has 0 aliphatic rings. The van der Waals surface area contributed by atoms with Gasteiger partial charge in [0.1, 0.15) is 5.58 Å². The molecule has 0 saturated heterocycles. The van der Waals surface area contributed by atoms with E-state index in [2.05, 4.69) is 124 Å². The Morgan fingerprint density at radius 1 is 0.647 bits per heavy atom. The molecular formula is C46H40GeIrN2O-2. The molecule has 1 radical (unpaired) electrons. The fraction of sp³-hybridized carbons (Fsp3) is 0.130. The third-order valence-electron chi connectivity index (χ3n) is 8.95. The molecule has 0 atom stereocenters. The maximum absolute atomic E-state index is 8.34. The summed E-state index contributed by atoms with van der Waals surface area (Å²) in [6.07, 6.45) is 3.81. The molecule has 0 saturated carbocycles. The summed E-state index contributed by atoms with van der Waals surface area (Å²) in [7, 11) is 0. The molecule has 0 N–H and O–H groups in total. The predicted octanol–water partition coefficient (Wildman–Crippen LogP) is 12.0. The number of rotatable bonds is 6. The Labute approximate surface area is 318 Å². The molecule has 0 bridgehead atoms. The standard InChI is InChI=1S/C26H20NO.C20H20GeN.Ir/c1-17(2)19-14-15-27-24(16-19)23-13-7-12-22-21-11-6-10-20(25(21)28-26(22)23)18-8-4-3-5-9-18;1-21(2,3)19-12-13-20(22-15-19)18-11-7-10-17(14-18)16-8-5-4-6-9-16;/h3-12,14-17H,1-2H3;4-10,12-15H,1-3H3;/q2*-1;/i17D;;. The van der Waals surface area contributed by atoms with Crippen molar-refractivity contribution in [3.8, 4) is 44.8 Å². The van der Waals surface area contributed by atoms with Crippen LogP contribution in [0.4, 0.5) is 0 Å². The van der Waals surface area contributed by atoms with Crippen molar-refractivity contribution in [2.24, 2.45) is 0 Å². The molecule has 3 heterocycles. The van der Waals surface area contributed by atoms with Gasteiger partial charge in [0.25, 0.3) is 0 Å². The Kier molecular flexibility index (Phi) is 10.7. The minimum atomic E-state index is -1.79. The van der Waals surface area contributed by atoms with Crippen molar-refractivity contribution >= 4 is 39.6 Å². The number of hydrogen-bond donors (Lipinski definition) is 0. The van der Waals surface area contributed by atoms with Crippen molar-refractivity contribution in [2.75, 3.05) is 0 Å². The van der Waals surface area contributed by atoms with E-state index in [9.17, 15) is 0 Å². The summed E-state index contributed by atoms with van der Waals surface area (Å²) < 4.78 is 16.2. The van der Waals surface area contributed by atoms with E-state index in [-0.39, 0.29) is 20.1 Å². The van der Waals surface area contributed by atoms with Crippen molar-refractivity contribution in [3.63, 3.8) is 0 Å². The van der Waals surface area contributed by atoms with E-state index in [0.29, 0.717) is 0 Å². The third kappa shape index (κ3) is 8.00. The van der Waals surface area contributed by atoms with Crippen LogP contribution in [0.25, 0.3) is 66.7 Å². The van der Waals surface area contributed by atoms with E-state index in [0.717, 1.165) is 61.1 Å². The Morgan fingerprint density at radius 3 is 2.04 bits per heavy atom. The number of para-hydroxylation sites is 1. The Morgan fingerprint density at radius 2 is 1.35 bits per heavy atom.